The molecule has 1 atom stereocenters. The number of ether oxygens (including phenoxy) is 1. The van der Waals surface area contributed by atoms with Gasteiger partial charge in [0.25, 0.3) is 0 Å². The summed E-state index contributed by atoms with van der Waals surface area (Å²) in [5, 5.41) is 14.2. The molecule has 2 amide bonds. The topological polar surface area (TPSA) is 87.7 Å². The van der Waals surface area contributed by atoms with Gasteiger partial charge in [-0.3, -0.25) is 0 Å². The molecule has 7 heteroatoms. The molecule has 0 radical (unpaired) electrons. The fourth-order valence-corrected chi connectivity index (χ4v) is 2.17. The molecule has 0 heterocycles. The average Bonchev–Trinajstić information content (AvgIpc) is 2.33. The Labute approximate surface area is 132 Å². The SMILES string of the molecule is COc1cc(Br)cc(NC(=O)N[C@@H](C(=O)O)C(C)(C)C)c1. The van der Waals surface area contributed by atoms with Crippen LogP contribution in [0.15, 0.2) is 22.7 Å². The lowest BCUT2D eigenvalue weighted by molar-refractivity contribution is -0.141. The van der Waals surface area contributed by atoms with Gasteiger partial charge in [-0.25, -0.2) is 9.59 Å². The van der Waals surface area contributed by atoms with Crippen LogP contribution in [0.3, 0.4) is 0 Å². The van der Waals surface area contributed by atoms with Gasteiger partial charge in [0.1, 0.15) is 11.8 Å². The van der Waals surface area contributed by atoms with Crippen LogP contribution in [0.1, 0.15) is 20.8 Å². The third kappa shape index (κ3) is 5.26. The highest BCUT2D eigenvalue weighted by Gasteiger charge is 2.32. The number of carboxylic acid groups (broad SMARTS) is 1. The maximum absolute atomic E-state index is 11.9. The zero-order valence-corrected chi connectivity index (χ0v) is 13.9. The standard InChI is InChI=1S/C14H19BrN2O4/c1-14(2,3)11(12(18)19)17-13(20)16-9-5-8(15)6-10(7-9)21-4/h5-7,11H,1-4H3,(H,18,19)(H2,16,17,20)/t11-/m0/s1. The molecular weight excluding hydrogens is 340 g/mol. The van der Waals surface area contributed by atoms with Gasteiger partial charge >= 0.3 is 12.0 Å². The first kappa shape index (κ1) is 17.3. The molecule has 0 bridgehead atoms. The van der Waals surface area contributed by atoms with E-state index in [0.29, 0.717) is 11.4 Å². The van der Waals surface area contributed by atoms with Crippen LogP contribution >= 0.6 is 15.9 Å². The predicted octanol–water partition coefficient (Wildman–Crippen LogP) is 3.08. The fraction of sp³-hybridized carbons (Fsp3) is 0.429. The van der Waals surface area contributed by atoms with Crippen molar-refractivity contribution in [1.29, 1.82) is 0 Å². The minimum Gasteiger partial charge on any atom is -0.497 e. The van der Waals surface area contributed by atoms with E-state index in [9.17, 15) is 14.7 Å². The lowest BCUT2D eigenvalue weighted by atomic mass is 9.87. The minimum atomic E-state index is -1.08. The van der Waals surface area contributed by atoms with Crippen molar-refractivity contribution < 1.29 is 19.4 Å². The van der Waals surface area contributed by atoms with Crippen LogP contribution in [0.2, 0.25) is 0 Å². The second-order valence-electron chi connectivity index (χ2n) is 5.62. The normalized spacial score (nSPS) is 12.4. The van der Waals surface area contributed by atoms with Gasteiger partial charge in [0.2, 0.25) is 0 Å². The molecule has 0 aromatic heterocycles. The molecule has 1 aromatic rings. The molecule has 0 aliphatic rings. The van der Waals surface area contributed by atoms with E-state index >= 15 is 0 Å². The Kier molecular flexibility index (Phi) is 5.60. The van der Waals surface area contributed by atoms with Crippen molar-refractivity contribution in [2.75, 3.05) is 12.4 Å². The second-order valence-corrected chi connectivity index (χ2v) is 6.53. The quantitative estimate of drug-likeness (QED) is 0.771. The highest BCUT2D eigenvalue weighted by Crippen LogP contribution is 2.25. The zero-order valence-electron chi connectivity index (χ0n) is 12.4. The average molecular weight is 359 g/mol. The van der Waals surface area contributed by atoms with Gasteiger partial charge in [-0.15, -0.1) is 0 Å². The summed E-state index contributed by atoms with van der Waals surface area (Å²) in [7, 11) is 1.52. The first-order chi connectivity index (χ1) is 9.63. The lowest BCUT2D eigenvalue weighted by Gasteiger charge is -2.27. The minimum absolute atomic E-state index is 0.497. The van der Waals surface area contributed by atoms with Gasteiger partial charge in [-0.2, -0.15) is 0 Å². The number of benzene rings is 1. The number of urea groups is 1. The summed E-state index contributed by atoms with van der Waals surface area (Å²) in [5.41, 5.74) is -0.102. The number of carboxylic acids is 1. The Balaban J connectivity index is 2.82. The molecule has 1 aromatic carbocycles. The Morgan fingerprint density at radius 3 is 2.38 bits per heavy atom. The first-order valence-electron chi connectivity index (χ1n) is 6.28. The monoisotopic (exact) mass is 358 g/mol. The van der Waals surface area contributed by atoms with Crippen LogP contribution in [-0.2, 0) is 4.79 Å². The van der Waals surface area contributed by atoms with E-state index in [2.05, 4.69) is 26.6 Å². The van der Waals surface area contributed by atoms with E-state index in [1.165, 1.54) is 7.11 Å². The van der Waals surface area contributed by atoms with Crippen molar-refractivity contribution in [3.05, 3.63) is 22.7 Å². The van der Waals surface area contributed by atoms with Crippen LogP contribution in [-0.4, -0.2) is 30.3 Å². The Bertz CT molecular complexity index is 540. The second kappa shape index (κ2) is 6.80. The molecule has 0 saturated carbocycles. The number of nitrogens with one attached hydrogen (secondary N) is 2. The van der Waals surface area contributed by atoms with Gasteiger partial charge < -0.3 is 20.5 Å². The van der Waals surface area contributed by atoms with Crippen LogP contribution in [0.5, 0.6) is 5.75 Å². The maximum atomic E-state index is 11.9. The Morgan fingerprint density at radius 2 is 1.90 bits per heavy atom. The smallest absolute Gasteiger partial charge is 0.326 e. The first-order valence-corrected chi connectivity index (χ1v) is 7.07. The Hall–Kier alpha value is -1.76. The van der Waals surface area contributed by atoms with Gasteiger partial charge in [-0.05, 0) is 17.5 Å². The van der Waals surface area contributed by atoms with Gasteiger partial charge in [-0.1, -0.05) is 36.7 Å². The number of hydrogen-bond acceptors (Lipinski definition) is 3. The van der Waals surface area contributed by atoms with Crippen molar-refractivity contribution in [2.45, 2.75) is 26.8 Å². The molecule has 6 nitrogen and oxygen atoms in total. The summed E-state index contributed by atoms with van der Waals surface area (Å²) in [6.45, 7) is 5.23. The molecule has 116 valence electrons. The number of hydrogen-bond donors (Lipinski definition) is 3. The van der Waals surface area contributed by atoms with Gasteiger partial charge in [0.05, 0.1) is 7.11 Å². The predicted molar refractivity (Wildman–Crippen MR) is 83.7 cm³/mol. The molecule has 3 N–H and O–H groups in total. The van der Waals surface area contributed by atoms with Crippen molar-refractivity contribution in [2.24, 2.45) is 5.41 Å². The number of aliphatic carboxylic acids is 1. The molecule has 0 aliphatic heterocycles. The number of halogens is 1. The van der Waals surface area contributed by atoms with Crippen molar-refractivity contribution in [3.8, 4) is 5.75 Å². The third-order valence-corrected chi connectivity index (χ3v) is 3.21. The number of methoxy groups -OCH3 is 1. The molecule has 0 spiro atoms. The van der Waals surface area contributed by atoms with E-state index in [1.54, 1.807) is 39.0 Å². The van der Waals surface area contributed by atoms with Crippen LogP contribution in [0.25, 0.3) is 0 Å². The maximum Gasteiger partial charge on any atom is 0.326 e. The molecule has 0 unspecified atom stereocenters. The summed E-state index contributed by atoms with van der Waals surface area (Å²) in [4.78, 5) is 23.2. The van der Waals surface area contributed by atoms with Crippen LogP contribution < -0.4 is 15.4 Å². The van der Waals surface area contributed by atoms with E-state index in [1.807, 2.05) is 0 Å². The number of rotatable bonds is 4. The van der Waals surface area contributed by atoms with Crippen molar-refractivity contribution in [1.82, 2.24) is 5.32 Å². The van der Waals surface area contributed by atoms with Crippen molar-refractivity contribution >= 4 is 33.6 Å². The Morgan fingerprint density at radius 1 is 1.29 bits per heavy atom. The molecule has 1 rings (SSSR count). The van der Waals surface area contributed by atoms with E-state index in [0.717, 1.165) is 4.47 Å². The summed E-state index contributed by atoms with van der Waals surface area (Å²) in [5.74, 6) is -0.505. The molecule has 0 fully saturated rings. The summed E-state index contributed by atoms with van der Waals surface area (Å²) >= 11 is 3.30. The van der Waals surface area contributed by atoms with Gasteiger partial charge in [0.15, 0.2) is 0 Å². The number of carbonyl (C=O) groups is 2. The number of carbonyl (C=O) groups excluding carboxylic acids is 1. The molecule has 0 saturated heterocycles. The van der Waals surface area contributed by atoms with Crippen LogP contribution in [0, 0.1) is 5.41 Å². The third-order valence-electron chi connectivity index (χ3n) is 2.75. The highest BCUT2D eigenvalue weighted by molar-refractivity contribution is 9.10. The summed E-state index contributed by atoms with van der Waals surface area (Å²) in [6, 6.07) is 3.49. The van der Waals surface area contributed by atoms with Gasteiger partial charge in [0, 0.05) is 16.2 Å². The largest absolute Gasteiger partial charge is 0.497 e. The zero-order chi connectivity index (χ0) is 16.2. The molecule has 0 aliphatic carbocycles. The summed E-state index contributed by atoms with van der Waals surface area (Å²) in [6.07, 6.45) is 0. The summed E-state index contributed by atoms with van der Waals surface area (Å²) < 4.78 is 5.83. The van der Waals surface area contributed by atoms with E-state index < -0.39 is 23.5 Å². The van der Waals surface area contributed by atoms with E-state index in [-0.39, 0.29) is 0 Å². The number of anilines is 1. The molecular formula is C14H19BrN2O4. The van der Waals surface area contributed by atoms with Crippen LogP contribution in [0.4, 0.5) is 10.5 Å². The number of amides is 2. The molecule has 21 heavy (non-hydrogen) atoms. The lowest BCUT2D eigenvalue weighted by Crippen LogP contribution is -2.50. The van der Waals surface area contributed by atoms with E-state index in [4.69, 9.17) is 4.74 Å². The van der Waals surface area contributed by atoms with Crippen molar-refractivity contribution in [3.63, 3.8) is 0 Å². The fourth-order valence-electron chi connectivity index (χ4n) is 1.70. The highest BCUT2D eigenvalue weighted by atomic mass is 79.9.